The van der Waals surface area contributed by atoms with Crippen molar-refractivity contribution in [3.63, 3.8) is 0 Å². The van der Waals surface area contributed by atoms with Gasteiger partial charge in [-0.3, -0.25) is 81.5 Å². The fourth-order valence-electron chi connectivity index (χ4n) is 17.2. The quantitative estimate of drug-likeness (QED) is 0.0417. The number of thioether (sulfide) groups is 1. The standard InChI is InChI=1S/C90H128N20O19S/c1-10-13-26-69-83(123)105-90(34-19-20-35-90)89(129)104-68(77(117)96-46-74(93)114)48-130-49-75(115)97-65(39-52-29-31-55(111)32-30-52)84(124)106(7)51(6)76(116)101-67(43-73(92)113)86(126)109-37-21-28-70(109)81(121)98-59(12-3)78(118)102-64(38-50(4)5)87(127)110-47-56(112)42-72(110)82(122)100-63(40-53-44-94-60-24-17-15-22-57(53)60)80(120)99-62(33-36-91)79(119)103-66(41-54-45-95-61-25-18-16-23-58(54)61)85(125)108(9)71(27-14-11-2)88(128)107(69)8/h15-18,22-25,29-32,44-45,50-51,56,59,62-72,94-95,111-112H,10-14,19-21,26-28,33-43,46-49,91H2,1-9H3,(H2,92,113)(H2,93,114)(H,96,117)(H,97,115)(H,98,121)(H,99,120)(H,100,122)(H,101,116)(H,102,118)(H,103,119)(H,104,129)(H,105,123)/t51-,56+,59-,62-,63?,64-,65-,66-,67-,68-,69-,70-,71-,72-/m0/s1. The van der Waals surface area contributed by atoms with Gasteiger partial charge in [0.1, 0.15) is 89.8 Å². The minimum absolute atomic E-state index is 0.0294. The van der Waals surface area contributed by atoms with E-state index in [2.05, 4.69) is 63.1 Å². The van der Waals surface area contributed by atoms with Crippen LogP contribution in [0.15, 0.2) is 85.2 Å². The maximum Gasteiger partial charge on any atom is 0.246 e. The van der Waals surface area contributed by atoms with E-state index in [1.165, 1.54) is 62.1 Å². The summed E-state index contributed by atoms with van der Waals surface area (Å²) in [5.41, 5.74) is 18.6. The Morgan fingerprint density at radius 2 is 1.08 bits per heavy atom. The number of phenols is 1. The van der Waals surface area contributed by atoms with E-state index >= 15 is 38.4 Å². The molecular formula is C90H128N20O19S. The van der Waals surface area contributed by atoms with Crippen LogP contribution in [0.3, 0.4) is 0 Å². The molecule has 1 saturated carbocycles. The van der Waals surface area contributed by atoms with Crippen LogP contribution in [0.5, 0.6) is 5.75 Å². The fourth-order valence-corrected chi connectivity index (χ4v) is 18.1. The summed E-state index contributed by atoms with van der Waals surface area (Å²) in [6, 6.07) is 1.13. The third-order valence-electron chi connectivity index (χ3n) is 24.6. The Labute approximate surface area is 759 Å². The van der Waals surface area contributed by atoms with Gasteiger partial charge < -0.3 is 115 Å². The highest BCUT2D eigenvalue weighted by Gasteiger charge is 2.49. The molecule has 9 rings (SSSR count). The monoisotopic (exact) mass is 1820 g/mol. The van der Waals surface area contributed by atoms with Gasteiger partial charge in [0.15, 0.2) is 0 Å². The molecule has 2 aromatic heterocycles. The highest BCUT2D eigenvalue weighted by Crippen LogP contribution is 2.33. The molecule has 4 aliphatic rings. The molecule has 1 unspecified atom stereocenters. The Kier molecular flexibility index (Phi) is 37.0. The number of phenolic OH excluding ortho intramolecular Hbond substituents is 1. The third kappa shape index (κ3) is 26.5. The number of H-pyrrole nitrogens is 2. The molecule has 3 aliphatic heterocycles. The Bertz CT molecular complexity index is 4900. The van der Waals surface area contributed by atoms with Gasteiger partial charge in [0.2, 0.25) is 100 Å². The summed E-state index contributed by atoms with van der Waals surface area (Å²) in [5, 5.41) is 50.3. The number of unbranched alkanes of at least 4 members (excludes halogenated alkanes) is 2. The number of aromatic amines is 2. The Morgan fingerprint density at radius 3 is 1.68 bits per heavy atom. The second-order valence-corrected chi connectivity index (χ2v) is 35.7. The van der Waals surface area contributed by atoms with Crippen LogP contribution in [-0.4, -0.2) is 294 Å². The first-order chi connectivity index (χ1) is 61.9. The average molecular weight is 1830 g/mol. The molecule has 3 aromatic carbocycles. The van der Waals surface area contributed by atoms with Gasteiger partial charge in [0.25, 0.3) is 0 Å². The molecule has 130 heavy (non-hydrogen) atoms. The van der Waals surface area contributed by atoms with Crippen molar-refractivity contribution in [3.8, 4) is 5.75 Å². The lowest BCUT2D eigenvalue weighted by molar-refractivity contribution is -0.150. The smallest absolute Gasteiger partial charge is 0.246 e. The van der Waals surface area contributed by atoms with Crippen LogP contribution < -0.4 is 70.4 Å². The number of para-hydroxylation sites is 2. The summed E-state index contributed by atoms with van der Waals surface area (Å²) in [7, 11) is 4.07. The Hall–Kier alpha value is -12.2. The average Bonchev–Trinajstić information content (AvgIpc) is 1.71. The number of rotatable bonds is 22. The number of aliphatic hydroxyl groups is 1. The van der Waals surface area contributed by atoms with Crippen molar-refractivity contribution in [2.45, 2.75) is 260 Å². The number of aromatic hydroxyl groups is 1. The summed E-state index contributed by atoms with van der Waals surface area (Å²) in [6.07, 6.45) is 3.10. The van der Waals surface area contributed by atoms with Crippen LogP contribution in [0, 0.1) is 5.92 Å². The molecule has 708 valence electrons. The van der Waals surface area contributed by atoms with Crippen LogP contribution in [0.1, 0.15) is 167 Å². The molecule has 40 heteroatoms. The van der Waals surface area contributed by atoms with Crippen molar-refractivity contribution in [2.75, 3.05) is 58.8 Å². The number of amides is 17. The molecule has 4 fully saturated rings. The fraction of sp³-hybridized carbons (Fsp3) is 0.567. The highest BCUT2D eigenvalue weighted by molar-refractivity contribution is 8.00. The maximum atomic E-state index is 15.8. The second-order valence-electron chi connectivity index (χ2n) is 34.7. The van der Waals surface area contributed by atoms with Crippen molar-refractivity contribution in [1.82, 2.24) is 87.6 Å². The number of hydrogen-bond acceptors (Lipinski definition) is 21. The number of nitrogens with zero attached hydrogens (tertiary/aromatic N) is 5. The van der Waals surface area contributed by atoms with Gasteiger partial charge in [-0.25, -0.2) is 0 Å². The van der Waals surface area contributed by atoms with Crippen molar-refractivity contribution in [3.05, 3.63) is 102 Å². The zero-order valence-electron chi connectivity index (χ0n) is 75.3. The number of benzene rings is 3. The first kappa shape index (κ1) is 102. The zero-order valence-corrected chi connectivity index (χ0v) is 76.2. The minimum Gasteiger partial charge on any atom is -0.508 e. The molecule has 1 aliphatic carbocycles. The van der Waals surface area contributed by atoms with E-state index < -0.39 is 216 Å². The number of carbonyl (C=O) groups is 17. The predicted molar refractivity (Wildman–Crippen MR) is 483 cm³/mol. The molecule has 14 atom stereocenters. The first-order valence-corrected chi connectivity index (χ1v) is 45.9. The van der Waals surface area contributed by atoms with E-state index in [1.807, 2.05) is 32.0 Å². The number of nitrogens with two attached hydrogens (primary N) is 3. The molecule has 20 N–H and O–H groups in total. The SMILES string of the molecule is CCCC[C@H]1C(=O)N(C)[C@@H](CCCC)C(=O)NC2(CCCC2)C(=O)N[C@H](C(=O)NCC(N)=O)CSCC(=O)N[C@@H](Cc2ccc(O)cc2)C(=O)N(C)[C@@H](C)C(=O)N[C@@H](CC(N)=O)C(=O)N2CCC[C@H]2C(=O)N[C@@H](CC)C(=O)N[C@@H](CC(C)C)C(=O)N2C[C@H](O)C[C@H]2C(=O)NC(Cc2c[nH]c3ccccc23)C(=O)N[C@@H](CCN)C(=O)N[C@@H](Cc2c[nH]c3ccccc23)C(=O)N1C. The van der Waals surface area contributed by atoms with E-state index in [0.29, 0.717) is 77.0 Å². The van der Waals surface area contributed by atoms with Crippen molar-refractivity contribution in [2.24, 2.45) is 23.1 Å². The van der Waals surface area contributed by atoms with Crippen LogP contribution in [0.2, 0.25) is 0 Å². The van der Waals surface area contributed by atoms with E-state index in [9.17, 15) is 53.4 Å². The number of nitrogens with one attached hydrogen (secondary N) is 12. The van der Waals surface area contributed by atoms with Crippen LogP contribution in [0.4, 0.5) is 0 Å². The molecule has 17 amide bonds. The third-order valence-corrected chi connectivity index (χ3v) is 25.7. The molecule has 5 heterocycles. The summed E-state index contributed by atoms with van der Waals surface area (Å²) >= 11 is 0.823. The molecule has 0 bridgehead atoms. The molecule has 5 aromatic rings. The van der Waals surface area contributed by atoms with Gasteiger partial charge in [-0.2, -0.15) is 0 Å². The number of carbonyl (C=O) groups excluding carboxylic acids is 17. The minimum atomic E-state index is -1.73. The van der Waals surface area contributed by atoms with E-state index in [0.717, 1.165) is 26.5 Å². The molecule has 39 nitrogen and oxygen atoms in total. The van der Waals surface area contributed by atoms with Crippen LogP contribution in [0.25, 0.3) is 21.8 Å². The Morgan fingerprint density at radius 1 is 0.554 bits per heavy atom. The maximum absolute atomic E-state index is 15.8. The lowest BCUT2D eigenvalue weighted by atomic mass is 9.94. The largest absolute Gasteiger partial charge is 0.508 e. The van der Waals surface area contributed by atoms with Gasteiger partial charge in [0, 0.05) is 99.9 Å². The normalized spacial score (nSPS) is 25.7. The van der Waals surface area contributed by atoms with Gasteiger partial charge in [-0.15, -0.1) is 11.8 Å². The highest BCUT2D eigenvalue weighted by atomic mass is 32.2. The second kappa shape index (κ2) is 47.4. The van der Waals surface area contributed by atoms with Gasteiger partial charge >= 0.3 is 0 Å². The van der Waals surface area contributed by atoms with Crippen molar-refractivity contribution in [1.29, 1.82) is 0 Å². The lowest BCUT2D eigenvalue weighted by Crippen LogP contribution is -2.64. The summed E-state index contributed by atoms with van der Waals surface area (Å²) in [6.45, 7) is 8.83. The number of primary amides is 2. The van der Waals surface area contributed by atoms with E-state index in [1.54, 1.807) is 63.5 Å². The van der Waals surface area contributed by atoms with Crippen LogP contribution in [-0.2, 0) is 101 Å². The first-order valence-electron chi connectivity index (χ1n) is 44.8. The van der Waals surface area contributed by atoms with E-state index in [4.69, 9.17) is 17.2 Å². The van der Waals surface area contributed by atoms with Crippen molar-refractivity contribution >= 4 is 134 Å². The number of fused-ring (bicyclic) bond motifs is 4. The van der Waals surface area contributed by atoms with Gasteiger partial charge in [-0.05, 0) is 118 Å². The van der Waals surface area contributed by atoms with E-state index in [-0.39, 0.29) is 114 Å². The molecular weight excluding hydrogens is 1700 g/mol. The zero-order chi connectivity index (χ0) is 95.0. The van der Waals surface area contributed by atoms with Crippen molar-refractivity contribution < 1.29 is 91.7 Å². The predicted octanol–water partition coefficient (Wildman–Crippen LogP) is -0.447. The number of likely N-dealkylation sites (N-methyl/N-ethyl adjacent to an activating group) is 3. The number of hydrogen-bond donors (Lipinski definition) is 17. The lowest BCUT2D eigenvalue weighted by Gasteiger charge is -2.38. The summed E-state index contributed by atoms with van der Waals surface area (Å²) in [5.74, 6) is -16.0. The number of aliphatic hydroxyl groups excluding tert-OH is 1. The number of aromatic nitrogens is 2. The topological polar surface area (TPSA) is 577 Å². The van der Waals surface area contributed by atoms with Gasteiger partial charge in [0.05, 0.1) is 24.8 Å². The molecule has 1 spiro atoms. The summed E-state index contributed by atoms with van der Waals surface area (Å²) in [4.78, 5) is 262. The summed E-state index contributed by atoms with van der Waals surface area (Å²) < 4.78 is 0. The van der Waals surface area contributed by atoms with Gasteiger partial charge in [-0.1, -0.05) is 122 Å². The van der Waals surface area contributed by atoms with Crippen LogP contribution >= 0.6 is 11.8 Å². The molecule has 3 saturated heterocycles. The molecule has 0 radical (unpaired) electrons. The Balaban J connectivity index is 1.08.